The molecule has 35 heavy (non-hydrogen) atoms. The van der Waals surface area contributed by atoms with Crippen LogP contribution in [0.4, 0.5) is 0 Å². The smallest absolute Gasteiger partial charge is 0.243 e. The van der Waals surface area contributed by atoms with Gasteiger partial charge in [0.1, 0.15) is 5.75 Å². The molecule has 2 aromatic carbocycles. The topological polar surface area (TPSA) is 76.2 Å². The zero-order valence-electron chi connectivity index (χ0n) is 19.9. The van der Waals surface area contributed by atoms with Crippen molar-refractivity contribution in [3.05, 3.63) is 82.0 Å². The zero-order valence-corrected chi connectivity index (χ0v) is 21.6. The Kier molecular flexibility index (Phi) is 8.22. The van der Waals surface area contributed by atoms with E-state index in [0.717, 1.165) is 23.3 Å². The van der Waals surface area contributed by atoms with E-state index in [9.17, 15) is 13.2 Å². The third-order valence-electron chi connectivity index (χ3n) is 6.17. The van der Waals surface area contributed by atoms with Gasteiger partial charge in [0, 0.05) is 31.7 Å². The number of amides is 1. The lowest BCUT2D eigenvalue weighted by Gasteiger charge is -2.37. The molecule has 1 amide bonds. The summed E-state index contributed by atoms with van der Waals surface area (Å²) in [5.41, 5.74) is 2.06. The second-order valence-electron chi connectivity index (χ2n) is 8.31. The number of methoxy groups -OCH3 is 2. The molecule has 1 unspecified atom stereocenters. The van der Waals surface area contributed by atoms with Crippen LogP contribution in [0.1, 0.15) is 28.5 Å². The largest absolute Gasteiger partial charge is 0.497 e. The SMILES string of the molecule is COCCCN(CC(=O)N1CCc2sccc2C1c1ccc(OC)cc1)S(=O)(=O)c1ccccc1. The number of hydrogen-bond donors (Lipinski definition) is 0. The molecule has 0 saturated heterocycles. The lowest BCUT2D eigenvalue weighted by atomic mass is 9.93. The van der Waals surface area contributed by atoms with Gasteiger partial charge < -0.3 is 14.4 Å². The van der Waals surface area contributed by atoms with Gasteiger partial charge in [0.15, 0.2) is 0 Å². The number of carbonyl (C=O) groups is 1. The highest BCUT2D eigenvalue weighted by molar-refractivity contribution is 7.89. The Morgan fingerprint density at radius 3 is 2.51 bits per heavy atom. The van der Waals surface area contributed by atoms with E-state index >= 15 is 0 Å². The van der Waals surface area contributed by atoms with Crippen LogP contribution in [-0.2, 0) is 26.0 Å². The first kappa shape index (κ1) is 25.4. The van der Waals surface area contributed by atoms with Crippen molar-refractivity contribution in [3.8, 4) is 5.75 Å². The third kappa shape index (κ3) is 5.59. The van der Waals surface area contributed by atoms with Crippen molar-refractivity contribution in [2.24, 2.45) is 0 Å². The monoisotopic (exact) mass is 514 g/mol. The number of thiophene rings is 1. The van der Waals surface area contributed by atoms with Crippen LogP contribution in [0.5, 0.6) is 5.75 Å². The molecule has 0 radical (unpaired) electrons. The first-order valence-corrected chi connectivity index (χ1v) is 13.8. The highest BCUT2D eigenvalue weighted by Gasteiger charge is 2.35. The summed E-state index contributed by atoms with van der Waals surface area (Å²) in [5, 5.41) is 2.05. The Bertz CT molecular complexity index is 1230. The van der Waals surface area contributed by atoms with Crippen molar-refractivity contribution >= 4 is 27.3 Å². The Morgan fingerprint density at radius 2 is 1.83 bits per heavy atom. The van der Waals surface area contributed by atoms with Crippen LogP contribution in [-0.4, -0.2) is 64.0 Å². The summed E-state index contributed by atoms with van der Waals surface area (Å²) >= 11 is 1.69. The molecule has 0 saturated carbocycles. The maximum absolute atomic E-state index is 13.7. The molecule has 0 N–H and O–H groups in total. The van der Waals surface area contributed by atoms with Gasteiger partial charge in [0.05, 0.1) is 24.6 Å². The van der Waals surface area contributed by atoms with Gasteiger partial charge in [-0.25, -0.2) is 8.42 Å². The standard InChI is InChI=1S/C26H30N2O5S2/c1-32-17-6-15-27(35(30,31)22-7-4-3-5-8-22)19-25(29)28-16-13-24-23(14-18-34-24)26(28)20-9-11-21(33-2)12-10-20/h3-5,7-12,14,18,26H,6,13,15-17,19H2,1-2H3. The van der Waals surface area contributed by atoms with Crippen LogP contribution in [0, 0.1) is 0 Å². The highest BCUT2D eigenvalue weighted by atomic mass is 32.2. The molecule has 1 aromatic heterocycles. The number of ether oxygens (including phenoxy) is 2. The average molecular weight is 515 g/mol. The Labute approximate surface area is 210 Å². The van der Waals surface area contributed by atoms with E-state index < -0.39 is 10.0 Å². The molecule has 0 aliphatic carbocycles. The summed E-state index contributed by atoms with van der Waals surface area (Å²) in [4.78, 5) is 17.0. The van der Waals surface area contributed by atoms with Crippen LogP contribution in [0.3, 0.4) is 0 Å². The molecule has 1 aliphatic rings. The number of nitrogens with zero attached hydrogens (tertiary/aromatic N) is 2. The van der Waals surface area contributed by atoms with Crippen molar-refractivity contribution in [2.45, 2.75) is 23.8 Å². The van der Waals surface area contributed by atoms with Gasteiger partial charge >= 0.3 is 0 Å². The van der Waals surface area contributed by atoms with Gasteiger partial charge in [0.2, 0.25) is 15.9 Å². The van der Waals surface area contributed by atoms with Gasteiger partial charge in [0.25, 0.3) is 0 Å². The Hall–Kier alpha value is -2.72. The Balaban J connectivity index is 1.63. The summed E-state index contributed by atoms with van der Waals surface area (Å²) in [6, 6.07) is 17.7. The van der Waals surface area contributed by atoms with E-state index in [-0.39, 0.29) is 29.9 Å². The summed E-state index contributed by atoms with van der Waals surface area (Å²) in [5.74, 6) is 0.519. The van der Waals surface area contributed by atoms with Crippen molar-refractivity contribution in [2.75, 3.05) is 40.5 Å². The number of hydrogen-bond acceptors (Lipinski definition) is 6. The first-order valence-electron chi connectivity index (χ1n) is 11.5. The molecule has 9 heteroatoms. The van der Waals surface area contributed by atoms with Crippen molar-refractivity contribution in [1.29, 1.82) is 0 Å². The fourth-order valence-electron chi connectivity index (χ4n) is 4.38. The number of fused-ring (bicyclic) bond motifs is 1. The Morgan fingerprint density at radius 1 is 1.09 bits per heavy atom. The van der Waals surface area contributed by atoms with Crippen LogP contribution < -0.4 is 4.74 Å². The van der Waals surface area contributed by atoms with E-state index in [1.807, 2.05) is 29.6 Å². The molecule has 4 rings (SSSR count). The molecule has 1 atom stereocenters. The third-order valence-corrected chi connectivity index (χ3v) is 9.02. The van der Waals surface area contributed by atoms with Crippen molar-refractivity contribution in [3.63, 3.8) is 0 Å². The number of carbonyl (C=O) groups excluding carboxylic acids is 1. The molecular weight excluding hydrogens is 484 g/mol. The summed E-state index contributed by atoms with van der Waals surface area (Å²) in [7, 11) is -0.645. The molecule has 1 aliphatic heterocycles. The fraction of sp³-hybridized carbons (Fsp3) is 0.346. The molecule has 186 valence electrons. The lowest BCUT2D eigenvalue weighted by molar-refractivity contribution is -0.133. The summed E-state index contributed by atoms with van der Waals surface area (Å²) < 4.78 is 38.6. The second-order valence-corrected chi connectivity index (χ2v) is 11.2. The number of rotatable bonds is 10. The lowest BCUT2D eigenvalue weighted by Crippen LogP contribution is -2.47. The first-order chi connectivity index (χ1) is 17.0. The second kappa shape index (κ2) is 11.3. The zero-order chi connectivity index (χ0) is 24.8. The molecule has 7 nitrogen and oxygen atoms in total. The van der Waals surface area contributed by atoms with Gasteiger partial charge in [-0.05, 0) is 59.7 Å². The van der Waals surface area contributed by atoms with Gasteiger partial charge in [-0.2, -0.15) is 4.31 Å². The van der Waals surface area contributed by atoms with E-state index in [1.165, 1.54) is 9.18 Å². The van der Waals surface area contributed by atoms with E-state index in [1.54, 1.807) is 60.8 Å². The van der Waals surface area contributed by atoms with Crippen molar-refractivity contribution in [1.82, 2.24) is 9.21 Å². The average Bonchev–Trinajstić information content (AvgIpc) is 3.37. The quantitative estimate of drug-likeness (QED) is 0.383. The van der Waals surface area contributed by atoms with E-state index in [0.29, 0.717) is 19.6 Å². The van der Waals surface area contributed by atoms with Crippen LogP contribution in [0.25, 0.3) is 0 Å². The van der Waals surface area contributed by atoms with Crippen LogP contribution >= 0.6 is 11.3 Å². The minimum Gasteiger partial charge on any atom is -0.497 e. The van der Waals surface area contributed by atoms with Crippen LogP contribution in [0.2, 0.25) is 0 Å². The predicted octanol–water partition coefficient (Wildman–Crippen LogP) is 3.96. The minimum atomic E-state index is -3.84. The predicted molar refractivity (Wildman–Crippen MR) is 136 cm³/mol. The highest BCUT2D eigenvalue weighted by Crippen LogP contribution is 2.38. The van der Waals surface area contributed by atoms with E-state index in [2.05, 4.69) is 6.07 Å². The molecular formula is C26H30N2O5S2. The molecule has 0 fully saturated rings. The van der Waals surface area contributed by atoms with Gasteiger partial charge in [-0.3, -0.25) is 4.79 Å². The normalized spacial score (nSPS) is 15.7. The molecule has 0 bridgehead atoms. The van der Waals surface area contributed by atoms with Gasteiger partial charge in [-0.15, -0.1) is 11.3 Å². The summed E-state index contributed by atoms with van der Waals surface area (Å²) in [6.45, 7) is 0.903. The van der Waals surface area contributed by atoms with E-state index in [4.69, 9.17) is 9.47 Å². The maximum atomic E-state index is 13.7. The van der Waals surface area contributed by atoms with Crippen LogP contribution in [0.15, 0.2) is 70.9 Å². The summed E-state index contributed by atoms with van der Waals surface area (Å²) in [6.07, 6.45) is 1.24. The molecule has 0 spiro atoms. The molecule has 2 heterocycles. The van der Waals surface area contributed by atoms with Crippen molar-refractivity contribution < 1.29 is 22.7 Å². The van der Waals surface area contributed by atoms with Gasteiger partial charge in [-0.1, -0.05) is 30.3 Å². The molecule has 3 aromatic rings. The number of benzene rings is 2. The minimum absolute atomic E-state index is 0.177. The fourth-order valence-corrected chi connectivity index (χ4v) is 6.74. The number of sulfonamides is 1. The maximum Gasteiger partial charge on any atom is 0.243 e.